The molecule has 0 saturated carbocycles. The number of nitrogens with one attached hydrogen (secondary N) is 1. The Labute approximate surface area is 291 Å². The van der Waals surface area contributed by atoms with Gasteiger partial charge in [-0.1, -0.05) is 161 Å². The van der Waals surface area contributed by atoms with Gasteiger partial charge < -0.3 is 19.8 Å². The Hall–Kier alpha value is -0.760. The summed E-state index contributed by atoms with van der Waals surface area (Å²) in [5, 5.41) is 13.7. The van der Waals surface area contributed by atoms with Gasteiger partial charge in [0.15, 0.2) is 0 Å². The third-order valence-electron chi connectivity index (χ3n) is 8.76. The molecule has 8 nitrogen and oxygen atoms in total. The van der Waals surface area contributed by atoms with Crippen molar-refractivity contribution in [1.82, 2.24) is 5.32 Å². The highest BCUT2D eigenvalue weighted by Gasteiger charge is 2.27. The van der Waals surface area contributed by atoms with Gasteiger partial charge in [0.2, 0.25) is 5.91 Å². The molecular formula is C38H78N2O6P+. The molecule has 0 aliphatic heterocycles. The van der Waals surface area contributed by atoms with Crippen molar-refractivity contribution in [3.8, 4) is 0 Å². The molecule has 0 heterocycles. The molecule has 1 unspecified atom stereocenters. The van der Waals surface area contributed by atoms with E-state index in [4.69, 9.17) is 9.05 Å². The van der Waals surface area contributed by atoms with Crippen LogP contribution in [0.1, 0.15) is 174 Å². The number of hydrogen-bond donors (Lipinski definition) is 3. The maximum absolute atomic E-state index is 12.8. The van der Waals surface area contributed by atoms with Crippen molar-refractivity contribution in [3.05, 3.63) is 12.2 Å². The Bertz CT molecular complexity index is 789. The summed E-state index contributed by atoms with van der Waals surface area (Å²) in [7, 11) is 1.58. The number of nitrogens with zero attached hydrogens (tertiary/aromatic N) is 1. The monoisotopic (exact) mass is 690 g/mol. The first-order chi connectivity index (χ1) is 22.5. The van der Waals surface area contributed by atoms with Gasteiger partial charge in [0.25, 0.3) is 0 Å². The van der Waals surface area contributed by atoms with E-state index in [1.807, 2.05) is 27.2 Å². The van der Waals surface area contributed by atoms with Gasteiger partial charge >= 0.3 is 7.82 Å². The van der Waals surface area contributed by atoms with Crippen LogP contribution in [0.4, 0.5) is 0 Å². The minimum atomic E-state index is -4.32. The fraction of sp³-hybridized carbons (Fsp3) is 0.921. The Morgan fingerprint density at radius 1 is 0.702 bits per heavy atom. The zero-order valence-corrected chi connectivity index (χ0v) is 32.4. The highest BCUT2D eigenvalue weighted by atomic mass is 31.2. The molecule has 0 aromatic heterocycles. The molecule has 0 bridgehead atoms. The van der Waals surface area contributed by atoms with Gasteiger partial charge in [0, 0.05) is 6.42 Å². The number of phosphoric ester groups is 1. The van der Waals surface area contributed by atoms with E-state index >= 15 is 0 Å². The predicted molar refractivity (Wildman–Crippen MR) is 198 cm³/mol. The van der Waals surface area contributed by atoms with Gasteiger partial charge in [-0.15, -0.1) is 0 Å². The molecular weight excluding hydrogens is 611 g/mol. The van der Waals surface area contributed by atoms with Crippen LogP contribution in [0, 0.1) is 0 Å². The number of hydrogen-bond acceptors (Lipinski definition) is 5. The van der Waals surface area contributed by atoms with Gasteiger partial charge in [0.05, 0.1) is 39.9 Å². The second-order valence-corrected chi connectivity index (χ2v) is 16.1. The van der Waals surface area contributed by atoms with Gasteiger partial charge in [-0.25, -0.2) is 4.57 Å². The number of carbonyl (C=O) groups excluding carboxylic acids is 1. The van der Waals surface area contributed by atoms with E-state index in [0.29, 0.717) is 17.4 Å². The van der Waals surface area contributed by atoms with E-state index < -0.39 is 20.0 Å². The number of carbonyl (C=O) groups is 1. The molecule has 0 saturated heterocycles. The Morgan fingerprint density at radius 2 is 1.13 bits per heavy atom. The number of allylic oxidation sites excluding steroid dienone is 1. The topological polar surface area (TPSA) is 105 Å². The smallest absolute Gasteiger partial charge is 0.387 e. The predicted octanol–water partition coefficient (Wildman–Crippen LogP) is 10.0. The molecule has 0 aromatic rings. The number of rotatable bonds is 35. The number of aliphatic hydroxyl groups is 1. The number of quaternary nitrogens is 1. The number of likely N-dealkylation sites (N-methyl/N-ethyl adjacent to an activating group) is 1. The molecule has 0 radical (unpaired) electrons. The normalized spacial score (nSPS) is 14.8. The molecule has 0 aliphatic rings. The molecule has 9 heteroatoms. The zero-order chi connectivity index (χ0) is 35.1. The summed E-state index contributed by atoms with van der Waals surface area (Å²) in [6.45, 7) is 4.79. The third kappa shape index (κ3) is 33.5. The average molecular weight is 690 g/mol. The van der Waals surface area contributed by atoms with Crippen LogP contribution in [0.3, 0.4) is 0 Å². The van der Waals surface area contributed by atoms with Crippen LogP contribution in [-0.2, 0) is 18.4 Å². The number of aliphatic hydroxyl groups excluding tert-OH is 1. The van der Waals surface area contributed by atoms with Crippen molar-refractivity contribution in [2.24, 2.45) is 0 Å². The molecule has 47 heavy (non-hydrogen) atoms. The first kappa shape index (κ1) is 46.2. The van der Waals surface area contributed by atoms with Crippen LogP contribution in [0.2, 0.25) is 0 Å². The summed E-state index contributed by atoms with van der Waals surface area (Å²) in [5.41, 5.74) is 0. The van der Waals surface area contributed by atoms with E-state index in [1.165, 1.54) is 116 Å². The Morgan fingerprint density at radius 3 is 1.57 bits per heavy atom. The largest absolute Gasteiger partial charge is 0.472 e. The van der Waals surface area contributed by atoms with Crippen LogP contribution in [-0.4, -0.2) is 73.4 Å². The van der Waals surface area contributed by atoms with Crippen molar-refractivity contribution in [1.29, 1.82) is 0 Å². The second-order valence-electron chi connectivity index (χ2n) is 14.7. The number of amides is 1. The van der Waals surface area contributed by atoms with E-state index in [2.05, 4.69) is 19.2 Å². The summed E-state index contributed by atoms with van der Waals surface area (Å²) in [6, 6.07) is -0.837. The van der Waals surface area contributed by atoms with Crippen molar-refractivity contribution in [2.45, 2.75) is 187 Å². The fourth-order valence-electron chi connectivity index (χ4n) is 5.57. The van der Waals surface area contributed by atoms with Gasteiger partial charge in [-0.3, -0.25) is 13.8 Å². The van der Waals surface area contributed by atoms with Crippen LogP contribution in [0.15, 0.2) is 12.2 Å². The van der Waals surface area contributed by atoms with Crippen molar-refractivity contribution >= 4 is 13.7 Å². The van der Waals surface area contributed by atoms with Gasteiger partial charge in [-0.05, 0) is 19.3 Å². The summed E-state index contributed by atoms with van der Waals surface area (Å²) < 4.78 is 23.4. The Balaban J connectivity index is 4.52. The van der Waals surface area contributed by atoms with E-state index in [-0.39, 0.29) is 19.1 Å². The molecule has 0 fully saturated rings. The molecule has 3 atom stereocenters. The van der Waals surface area contributed by atoms with Crippen LogP contribution >= 0.6 is 7.82 Å². The molecule has 0 aliphatic carbocycles. The minimum absolute atomic E-state index is 0.0642. The number of phosphoric acid groups is 1. The van der Waals surface area contributed by atoms with Crippen LogP contribution in [0.5, 0.6) is 0 Å². The average Bonchev–Trinajstić information content (AvgIpc) is 3.01. The van der Waals surface area contributed by atoms with Crippen molar-refractivity contribution in [3.63, 3.8) is 0 Å². The third-order valence-corrected chi connectivity index (χ3v) is 9.74. The maximum Gasteiger partial charge on any atom is 0.472 e. The second kappa shape index (κ2) is 31.2. The molecule has 280 valence electrons. The maximum atomic E-state index is 12.8. The van der Waals surface area contributed by atoms with E-state index in [0.717, 1.165) is 38.5 Å². The van der Waals surface area contributed by atoms with Gasteiger partial charge in [0.1, 0.15) is 13.2 Å². The first-order valence-corrected chi connectivity index (χ1v) is 21.1. The molecule has 0 rings (SSSR count). The summed E-state index contributed by atoms with van der Waals surface area (Å²) in [6.07, 6.45) is 32.7. The standard InChI is InChI=1S/C38H77N2O6P/c1-6-8-10-12-14-16-18-19-20-22-23-25-27-29-31-37(41)36(35-46-47(43,44)45-34-33-40(3,4)5)39-38(42)32-30-28-26-24-21-17-15-13-11-9-7-2/h29,31,36-37,41H,6-28,30,32-35H2,1-5H3,(H-,39,42,43,44)/p+1/b31-29+/t36-,37+/m0/s1. The summed E-state index contributed by atoms with van der Waals surface area (Å²) in [5.74, 6) is -0.179. The quantitative estimate of drug-likeness (QED) is 0.0265. The van der Waals surface area contributed by atoms with Crippen LogP contribution in [0.25, 0.3) is 0 Å². The first-order valence-electron chi connectivity index (χ1n) is 19.6. The highest BCUT2D eigenvalue weighted by molar-refractivity contribution is 7.47. The Kier molecular flexibility index (Phi) is 30.7. The lowest BCUT2D eigenvalue weighted by Gasteiger charge is -2.25. The van der Waals surface area contributed by atoms with Crippen molar-refractivity contribution in [2.75, 3.05) is 40.9 Å². The van der Waals surface area contributed by atoms with Crippen LogP contribution < -0.4 is 5.32 Å². The molecule has 0 spiro atoms. The fourth-order valence-corrected chi connectivity index (χ4v) is 6.31. The summed E-state index contributed by atoms with van der Waals surface area (Å²) >= 11 is 0. The molecule has 0 aromatic carbocycles. The minimum Gasteiger partial charge on any atom is -0.387 e. The summed E-state index contributed by atoms with van der Waals surface area (Å²) in [4.78, 5) is 23.0. The zero-order valence-electron chi connectivity index (χ0n) is 31.5. The highest BCUT2D eigenvalue weighted by Crippen LogP contribution is 2.43. The van der Waals surface area contributed by atoms with E-state index in [9.17, 15) is 19.4 Å². The lowest BCUT2D eigenvalue weighted by atomic mass is 10.0. The molecule has 1 amide bonds. The number of unbranched alkanes of at least 4 members (excludes halogenated alkanes) is 22. The lowest BCUT2D eigenvalue weighted by Crippen LogP contribution is -2.45. The van der Waals surface area contributed by atoms with Crippen molar-refractivity contribution < 1.29 is 32.9 Å². The van der Waals surface area contributed by atoms with Gasteiger partial charge in [-0.2, -0.15) is 0 Å². The van der Waals surface area contributed by atoms with E-state index in [1.54, 1.807) is 6.08 Å². The SMILES string of the molecule is CCCCCCCCCCCCCC/C=C/[C@@H](O)[C@H](COP(=O)(O)OCC[N+](C)(C)C)NC(=O)CCCCCCCCCCCCC. The molecule has 3 N–H and O–H groups in total. The lowest BCUT2D eigenvalue weighted by molar-refractivity contribution is -0.870.